The number of hydrogen-bond acceptors (Lipinski definition) is 4. The van der Waals surface area contributed by atoms with Crippen molar-refractivity contribution in [3.63, 3.8) is 0 Å². The summed E-state index contributed by atoms with van der Waals surface area (Å²) in [6.45, 7) is 7.13. The highest BCUT2D eigenvalue weighted by molar-refractivity contribution is 6.35. The van der Waals surface area contributed by atoms with E-state index in [0.717, 1.165) is 11.3 Å². The predicted molar refractivity (Wildman–Crippen MR) is 112 cm³/mol. The van der Waals surface area contributed by atoms with Crippen LogP contribution in [-0.2, 0) is 11.2 Å². The smallest absolute Gasteiger partial charge is 0.260 e. The number of carbonyl (C=O) groups excluding carboxylic acids is 1. The second-order valence-corrected chi connectivity index (χ2v) is 6.87. The Morgan fingerprint density at radius 1 is 1.00 bits per heavy atom. The molecule has 0 aliphatic heterocycles. The van der Waals surface area contributed by atoms with E-state index in [1.54, 1.807) is 25.1 Å². The first-order chi connectivity index (χ1) is 13.4. The topological polar surface area (TPSA) is 56.8 Å². The Bertz CT molecular complexity index is 798. The van der Waals surface area contributed by atoms with Crippen molar-refractivity contribution in [2.75, 3.05) is 19.8 Å². The fourth-order valence-corrected chi connectivity index (χ4v) is 2.99. The molecule has 1 unspecified atom stereocenters. The van der Waals surface area contributed by atoms with Crippen LogP contribution in [0.3, 0.4) is 0 Å². The van der Waals surface area contributed by atoms with Gasteiger partial charge < -0.3 is 19.5 Å². The number of ether oxygens (including phenoxy) is 3. The Balaban J connectivity index is 1.87. The number of amides is 1. The van der Waals surface area contributed by atoms with Gasteiger partial charge in [0.05, 0.1) is 18.2 Å². The van der Waals surface area contributed by atoms with E-state index in [0.29, 0.717) is 47.7 Å². The van der Waals surface area contributed by atoms with Crippen LogP contribution in [0.1, 0.15) is 26.3 Å². The fraction of sp³-hybridized carbons (Fsp3) is 0.381. The molecule has 0 aliphatic carbocycles. The van der Waals surface area contributed by atoms with Crippen LogP contribution < -0.4 is 19.5 Å². The maximum atomic E-state index is 12.3. The molecule has 0 spiro atoms. The largest absolute Gasteiger partial charge is 0.490 e. The molecular weight excluding hydrogens is 401 g/mol. The van der Waals surface area contributed by atoms with E-state index in [9.17, 15) is 4.79 Å². The average Bonchev–Trinajstić information content (AvgIpc) is 2.66. The van der Waals surface area contributed by atoms with Gasteiger partial charge in [0, 0.05) is 11.6 Å². The van der Waals surface area contributed by atoms with Gasteiger partial charge >= 0.3 is 0 Å². The van der Waals surface area contributed by atoms with Crippen LogP contribution in [0.4, 0.5) is 0 Å². The number of carbonyl (C=O) groups is 1. The van der Waals surface area contributed by atoms with Gasteiger partial charge in [0.1, 0.15) is 5.75 Å². The molecule has 0 saturated heterocycles. The lowest BCUT2D eigenvalue weighted by molar-refractivity contribution is -0.127. The SMILES string of the molecule is CCOc1ccc(CCNC(=O)C(C)Oc2ccc(Cl)cc2Cl)cc1OCC. The lowest BCUT2D eigenvalue weighted by atomic mass is 10.1. The van der Waals surface area contributed by atoms with E-state index in [1.807, 2.05) is 32.0 Å². The third-order valence-electron chi connectivity index (χ3n) is 3.89. The molecule has 152 valence electrons. The fourth-order valence-electron chi connectivity index (χ4n) is 2.54. The molecule has 0 aromatic heterocycles. The Hall–Kier alpha value is -2.11. The van der Waals surface area contributed by atoms with E-state index in [-0.39, 0.29) is 5.91 Å². The molecule has 28 heavy (non-hydrogen) atoms. The number of nitrogens with one attached hydrogen (secondary N) is 1. The molecule has 2 aromatic rings. The quantitative estimate of drug-likeness (QED) is 0.586. The zero-order valence-electron chi connectivity index (χ0n) is 16.3. The first-order valence-electron chi connectivity index (χ1n) is 9.22. The summed E-state index contributed by atoms with van der Waals surface area (Å²) in [5, 5.41) is 3.74. The van der Waals surface area contributed by atoms with Crippen LogP contribution in [0.25, 0.3) is 0 Å². The minimum atomic E-state index is -0.682. The highest BCUT2D eigenvalue weighted by atomic mass is 35.5. The van der Waals surface area contributed by atoms with Crippen molar-refractivity contribution >= 4 is 29.1 Å². The highest BCUT2D eigenvalue weighted by Crippen LogP contribution is 2.29. The maximum absolute atomic E-state index is 12.3. The van der Waals surface area contributed by atoms with Gasteiger partial charge in [0.2, 0.25) is 0 Å². The van der Waals surface area contributed by atoms with E-state index >= 15 is 0 Å². The summed E-state index contributed by atoms with van der Waals surface area (Å²) in [5.74, 6) is 1.63. The number of hydrogen-bond donors (Lipinski definition) is 1. The van der Waals surface area contributed by atoms with E-state index < -0.39 is 6.10 Å². The summed E-state index contributed by atoms with van der Waals surface area (Å²) in [6, 6.07) is 10.7. The van der Waals surface area contributed by atoms with Crippen molar-refractivity contribution < 1.29 is 19.0 Å². The molecule has 0 heterocycles. The molecule has 0 bridgehead atoms. The van der Waals surface area contributed by atoms with Crippen LogP contribution in [0.2, 0.25) is 10.0 Å². The Kier molecular flexibility index (Phi) is 8.74. The zero-order valence-corrected chi connectivity index (χ0v) is 17.8. The van der Waals surface area contributed by atoms with Crippen LogP contribution >= 0.6 is 23.2 Å². The van der Waals surface area contributed by atoms with Crippen molar-refractivity contribution in [1.29, 1.82) is 0 Å². The molecule has 5 nitrogen and oxygen atoms in total. The normalized spacial score (nSPS) is 11.6. The molecule has 1 N–H and O–H groups in total. The van der Waals surface area contributed by atoms with Gasteiger partial charge in [0.15, 0.2) is 17.6 Å². The second kappa shape index (κ2) is 11.0. The molecule has 1 amide bonds. The predicted octanol–water partition coefficient (Wildman–Crippen LogP) is 4.92. The van der Waals surface area contributed by atoms with Gasteiger partial charge in [-0.2, -0.15) is 0 Å². The Labute approximate surface area is 175 Å². The highest BCUT2D eigenvalue weighted by Gasteiger charge is 2.16. The molecular formula is C21H25Cl2NO4. The summed E-state index contributed by atoms with van der Waals surface area (Å²) < 4.78 is 16.8. The van der Waals surface area contributed by atoms with Gasteiger partial charge in [-0.1, -0.05) is 29.3 Å². The third kappa shape index (κ3) is 6.50. The number of rotatable bonds is 10. The molecule has 1 atom stereocenters. The molecule has 2 rings (SSSR count). The molecule has 0 saturated carbocycles. The van der Waals surface area contributed by atoms with E-state index in [2.05, 4.69) is 5.32 Å². The maximum Gasteiger partial charge on any atom is 0.260 e. The van der Waals surface area contributed by atoms with E-state index in [1.165, 1.54) is 0 Å². The summed E-state index contributed by atoms with van der Waals surface area (Å²) >= 11 is 11.9. The standard InChI is InChI=1S/C21H25Cl2NO4/c1-4-26-19-8-6-15(12-20(19)27-5-2)10-11-24-21(25)14(3)28-18-9-7-16(22)13-17(18)23/h6-9,12-14H,4-5,10-11H2,1-3H3,(H,24,25). The molecule has 0 fully saturated rings. The van der Waals surface area contributed by atoms with Crippen molar-refractivity contribution in [3.05, 3.63) is 52.0 Å². The first kappa shape index (κ1) is 22.2. The van der Waals surface area contributed by atoms with Crippen molar-refractivity contribution in [1.82, 2.24) is 5.32 Å². The minimum absolute atomic E-state index is 0.220. The van der Waals surface area contributed by atoms with Crippen LogP contribution in [-0.4, -0.2) is 31.8 Å². The van der Waals surface area contributed by atoms with Crippen molar-refractivity contribution in [2.45, 2.75) is 33.3 Å². The summed E-state index contributed by atoms with van der Waals surface area (Å²) in [6.07, 6.45) is -0.0230. The molecule has 2 aromatic carbocycles. The number of benzene rings is 2. The molecule has 0 radical (unpaired) electrons. The van der Waals surface area contributed by atoms with Crippen molar-refractivity contribution in [2.24, 2.45) is 0 Å². The molecule has 0 aliphatic rings. The molecule has 7 heteroatoms. The van der Waals surface area contributed by atoms with Gasteiger partial charge in [-0.3, -0.25) is 4.79 Å². The monoisotopic (exact) mass is 425 g/mol. The summed E-state index contributed by atoms with van der Waals surface area (Å²) in [7, 11) is 0. The third-order valence-corrected chi connectivity index (χ3v) is 4.42. The Morgan fingerprint density at radius 3 is 2.36 bits per heavy atom. The van der Waals surface area contributed by atoms with E-state index in [4.69, 9.17) is 37.4 Å². The second-order valence-electron chi connectivity index (χ2n) is 6.02. The lowest BCUT2D eigenvalue weighted by Crippen LogP contribution is -2.37. The zero-order chi connectivity index (χ0) is 20.5. The first-order valence-corrected chi connectivity index (χ1v) is 9.98. The van der Waals surface area contributed by atoms with Gasteiger partial charge in [-0.05, 0) is 63.1 Å². The van der Waals surface area contributed by atoms with Crippen LogP contribution in [0.5, 0.6) is 17.2 Å². The number of halogens is 2. The Morgan fingerprint density at radius 2 is 1.68 bits per heavy atom. The van der Waals surface area contributed by atoms with Gasteiger partial charge in [0.25, 0.3) is 5.91 Å². The summed E-state index contributed by atoms with van der Waals surface area (Å²) in [5.41, 5.74) is 1.04. The van der Waals surface area contributed by atoms with Gasteiger partial charge in [-0.25, -0.2) is 0 Å². The lowest BCUT2D eigenvalue weighted by Gasteiger charge is -2.16. The summed E-state index contributed by atoms with van der Waals surface area (Å²) in [4.78, 5) is 12.3. The van der Waals surface area contributed by atoms with Gasteiger partial charge in [-0.15, -0.1) is 0 Å². The minimum Gasteiger partial charge on any atom is -0.490 e. The average molecular weight is 426 g/mol. The van der Waals surface area contributed by atoms with Crippen molar-refractivity contribution in [3.8, 4) is 17.2 Å². The van der Waals surface area contributed by atoms with Crippen LogP contribution in [0, 0.1) is 0 Å². The van der Waals surface area contributed by atoms with Crippen LogP contribution in [0.15, 0.2) is 36.4 Å².